The Balaban J connectivity index is 2.20. The second kappa shape index (κ2) is 6.41. The van der Waals surface area contributed by atoms with Crippen molar-refractivity contribution in [2.75, 3.05) is 14.2 Å². The lowest BCUT2D eigenvalue weighted by Crippen LogP contribution is -2.13. The van der Waals surface area contributed by atoms with Crippen molar-refractivity contribution in [1.82, 2.24) is 0 Å². The molecule has 0 spiro atoms. The highest BCUT2D eigenvalue weighted by Crippen LogP contribution is 2.29. The van der Waals surface area contributed by atoms with Gasteiger partial charge in [0.15, 0.2) is 0 Å². The molecule has 0 aliphatic heterocycles. The van der Waals surface area contributed by atoms with E-state index in [0.717, 1.165) is 28.0 Å². The number of thiophene rings is 1. The monoisotopic (exact) mass is 341 g/mol. The predicted octanol–water partition coefficient (Wildman–Crippen LogP) is 3.77. The average molecular weight is 342 g/mol. The number of hydrogen-bond acceptors (Lipinski definition) is 4. The van der Waals surface area contributed by atoms with Crippen LogP contribution in [0.4, 0.5) is 0 Å². The minimum absolute atomic E-state index is 0.0745. The van der Waals surface area contributed by atoms with Crippen LogP contribution >= 0.6 is 27.3 Å². The molecule has 0 fully saturated rings. The number of hydrogen-bond donors (Lipinski definition) is 1. The van der Waals surface area contributed by atoms with Gasteiger partial charge in [0.05, 0.1) is 14.2 Å². The van der Waals surface area contributed by atoms with Crippen LogP contribution in [0, 0.1) is 0 Å². The zero-order chi connectivity index (χ0) is 13.8. The second-order valence-corrected chi connectivity index (χ2v) is 6.10. The molecule has 0 saturated heterocycles. The first-order valence-electron chi connectivity index (χ1n) is 5.84. The Bertz CT molecular complexity index is 534. The molecule has 0 saturated carbocycles. The van der Waals surface area contributed by atoms with Gasteiger partial charge in [0.25, 0.3) is 0 Å². The van der Waals surface area contributed by atoms with Gasteiger partial charge in [-0.1, -0.05) is 0 Å². The lowest BCUT2D eigenvalue weighted by molar-refractivity contribution is 0.392. The Morgan fingerprint density at radius 1 is 1.16 bits per heavy atom. The summed E-state index contributed by atoms with van der Waals surface area (Å²) in [6.07, 6.45) is 0.798. The molecule has 0 aliphatic rings. The molecule has 1 atom stereocenters. The molecular formula is C14H16BrNO2S. The number of halogens is 1. The van der Waals surface area contributed by atoms with Crippen LogP contribution < -0.4 is 15.2 Å². The third-order valence-corrected chi connectivity index (χ3v) is 4.56. The molecule has 0 aliphatic carbocycles. The molecule has 0 radical (unpaired) electrons. The highest BCUT2D eigenvalue weighted by Gasteiger charge is 2.11. The summed E-state index contributed by atoms with van der Waals surface area (Å²) in [5.41, 5.74) is 7.28. The van der Waals surface area contributed by atoms with E-state index in [9.17, 15) is 0 Å². The number of methoxy groups -OCH3 is 2. The molecule has 1 heterocycles. The topological polar surface area (TPSA) is 44.5 Å². The van der Waals surface area contributed by atoms with Crippen molar-refractivity contribution in [1.29, 1.82) is 0 Å². The van der Waals surface area contributed by atoms with Gasteiger partial charge >= 0.3 is 0 Å². The van der Waals surface area contributed by atoms with E-state index in [1.807, 2.05) is 18.2 Å². The second-order valence-electron chi connectivity index (χ2n) is 4.19. The lowest BCUT2D eigenvalue weighted by Gasteiger charge is -2.14. The molecule has 1 aromatic carbocycles. The Morgan fingerprint density at radius 2 is 1.79 bits per heavy atom. The maximum absolute atomic E-state index is 6.26. The predicted molar refractivity (Wildman–Crippen MR) is 82.2 cm³/mol. The fourth-order valence-electron chi connectivity index (χ4n) is 1.84. The maximum Gasteiger partial charge on any atom is 0.122 e. The minimum atomic E-state index is -0.0745. The maximum atomic E-state index is 6.26. The zero-order valence-corrected chi connectivity index (χ0v) is 13.3. The van der Waals surface area contributed by atoms with Gasteiger partial charge in [-0.05, 0) is 39.7 Å². The largest absolute Gasteiger partial charge is 0.497 e. The Hall–Kier alpha value is -1.04. The SMILES string of the molecule is COc1cc(OC)cc(C(N)Cc2cc(Br)cs2)c1. The molecule has 1 aromatic heterocycles. The molecule has 5 heteroatoms. The van der Waals surface area contributed by atoms with Gasteiger partial charge < -0.3 is 15.2 Å². The van der Waals surface area contributed by atoms with Gasteiger partial charge in [0.1, 0.15) is 11.5 Å². The Kier molecular flexibility index (Phi) is 4.85. The van der Waals surface area contributed by atoms with Gasteiger partial charge in [-0.15, -0.1) is 11.3 Å². The number of rotatable bonds is 5. The smallest absolute Gasteiger partial charge is 0.122 e. The van der Waals surface area contributed by atoms with Crippen LogP contribution in [0.3, 0.4) is 0 Å². The molecule has 0 amide bonds. The van der Waals surface area contributed by atoms with E-state index in [-0.39, 0.29) is 6.04 Å². The standard InChI is InChI=1S/C14H16BrNO2S/c1-17-11-3-9(4-12(6-11)18-2)14(16)7-13-5-10(15)8-19-13/h3-6,8,14H,7,16H2,1-2H3. The Morgan fingerprint density at radius 3 is 2.26 bits per heavy atom. The minimum Gasteiger partial charge on any atom is -0.497 e. The summed E-state index contributed by atoms with van der Waals surface area (Å²) in [6.45, 7) is 0. The first kappa shape index (κ1) is 14.4. The quantitative estimate of drug-likeness (QED) is 0.900. The van der Waals surface area contributed by atoms with Crippen LogP contribution in [0.25, 0.3) is 0 Å². The van der Waals surface area contributed by atoms with E-state index in [1.54, 1.807) is 25.6 Å². The highest BCUT2D eigenvalue weighted by atomic mass is 79.9. The molecule has 102 valence electrons. The van der Waals surface area contributed by atoms with Crippen LogP contribution in [0.5, 0.6) is 11.5 Å². The van der Waals surface area contributed by atoms with Crippen molar-refractivity contribution in [3.8, 4) is 11.5 Å². The van der Waals surface area contributed by atoms with E-state index in [4.69, 9.17) is 15.2 Å². The van der Waals surface area contributed by atoms with Crippen molar-refractivity contribution in [2.45, 2.75) is 12.5 Å². The average Bonchev–Trinajstić information content (AvgIpc) is 2.83. The summed E-state index contributed by atoms with van der Waals surface area (Å²) < 4.78 is 11.6. The van der Waals surface area contributed by atoms with Crippen molar-refractivity contribution in [3.63, 3.8) is 0 Å². The van der Waals surface area contributed by atoms with Gasteiger partial charge in [0.2, 0.25) is 0 Å². The zero-order valence-electron chi connectivity index (χ0n) is 10.9. The van der Waals surface area contributed by atoms with E-state index in [2.05, 4.69) is 27.4 Å². The van der Waals surface area contributed by atoms with Crippen molar-refractivity contribution < 1.29 is 9.47 Å². The van der Waals surface area contributed by atoms with Crippen molar-refractivity contribution in [3.05, 3.63) is 44.6 Å². The number of ether oxygens (including phenoxy) is 2. The third kappa shape index (κ3) is 3.72. The van der Waals surface area contributed by atoms with Crippen LogP contribution in [0.2, 0.25) is 0 Å². The van der Waals surface area contributed by atoms with Crippen LogP contribution in [0.15, 0.2) is 34.1 Å². The summed E-state index contributed by atoms with van der Waals surface area (Å²) in [4.78, 5) is 1.25. The fourth-order valence-corrected chi connectivity index (χ4v) is 3.35. The number of nitrogens with two attached hydrogens (primary N) is 1. The molecule has 1 unspecified atom stereocenters. The molecular weight excluding hydrogens is 326 g/mol. The molecule has 2 rings (SSSR count). The van der Waals surface area contributed by atoms with Crippen LogP contribution in [-0.2, 0) is 6.42 Å². The van der Waals surface area contributed by atoms with Crippen molar-refractivity contribution >= 4 is 27.3 Å². The normalized spacial score (nSPS) is 12.2. The van der Waals surface area contributed by atoms with E-state index in [0.29, 0.717) is 0 Å². The summed E-state index contributed by atoms with van der Waals surface area (Å²) >= 11 is 5.16. The molecule has 2 N–H and O–H groups in total. The first-order valence-corrected chi connectivity index (χ1v) is 7.51. The number of benzene rings is 1. The fraction of sp³-hybridized carbons (Fsp3) is 0.286. The summed E-state index contributed by atoms with van der Waals surface area (Å²) in [6, 6.07) is 7.78. The van der Waals surface area contributed by atoms with E-state index >= 15 is 0 Å². The van der Waals surface area contributed by atoms with Gasteiger partial charge in [-0.25, -0.2) is 0 Å². The van der Waals surface area contributed by atoms with Gasteiger partial charge in [0, 0.05) is 33.3 Å². The molecule has 2 aromatic rings. The van der Waals surface area contributed by atoms with Crippen LogP contribution in [0.1, 0.15) is 16.5 Å². The summed E-state index contributed by atoms with van der Waals surface area (Å²) in [5, 5.41) is 2.06. The first-order chi connectivity index (χ1) is 9.12. The van der Waals surface area contributed by atoms with Crippen LogP contribution in [-0.4, -0.2) is 14.2 Å². The molecule has 0 bridgehead atoms. The summed E-state index contributed by atoms with van der Waals surface area (Å²) in [5.74, 6) is 1.52. The third-order valence-electron chi connectivity index (χ3n) is 2.84. The van der Waals surface area contributed by atoms with E-state index in [1.165, 1.54) is 4.88 Å². The molecule has 3 nitrogen and oxygen atoms in total. The lowest BCUT2D eigenvalue weighted by atomic mass is 10.0. The summed E-state index contributed by atoms with van der Waals surface area (Å²) in [7, 11) is 3.28. The highest BCUT2D eigenvalue weighted by molar-refractivity contribution is 9.10. The van der Waals surface area contributed by atoms with Gasteiger partial charge in [-0.2, -0.15) is 0 Å². The molecule has 19 heavy (non-hydrogen) atoms. The van der Waals surface area contributed by atoms with Crippen molar-refractivity contribution in [2.24, 2.45) is 5.73 Å². The van der Waals surface area contributed by atoms with Gasteiger partial charge in [-0.3, -0.25) is 0 Å². The Labute approximate surface area is 125 Å². The van der Waals surface area contributed by atoms with E-state index < -0.39 is 0 Å².